The molecule has 0 radical (unpaired) electrons. The quantitative estimate of drug-likeness (QED) is 0.700. The summed E-state index contributed by atoms with van der Waals surface area (Å²) in [7, 11) is 0. The molecule has 0 saturated carbocycles. The van der Waals surface area contributed by atoms with Gasteiger partial charge in [0.1, 0.15) is 17.8 Å². The largest absolute Gasteiger partial charge is 0.446 e. The molecule has 0 amide bonds. The predicted octanol–water partition coefficient (Wildman–Crippen LogP) is 3.68. The van der Waals surface area contributed by atoms with Crippen molar-refractivity contribution in [2.24, 2.45) is 0 Å². The summed E-state index contributed by atoms with van der Waals surface area (Å²) in [6, 6.07) is 15.0. The molecular formula is C17H14F2N2O3. The first-order valence-corrected chi connectivity index (χ1v) is 7.10. The summed E-state index contributed by atoms with van der Waals surface area (Å²) in [4.78, 5) is 4.17. The standard InChI is InChI=1S/C17H14F2N2O3/c18-16(19)23-14-8-6-12(7-9-14)15-10-21(11-20-15)17(22)24-13-4-2-1-3-5-13/h1-11,16-17,22H. The van der Waals surface area contributed by atoms with Crippen molar-refractivity contribution < 1.29 is 23.4 Å². The van der Waals surface area contributed by atoms with Crippen LogP contribution in [0, 0.1) is 0 Å². The van der Waals surface area contributed by atoms with Crippen molar-refractivity contribution in [2.75, 3.05) is 0 Å². The maximum absolute atomic E-state index is 12.1. The first-order chi connectivity index (χ1) is 11.6. The van der Waals surface area contributed by atoms with Gasteiger partial charge in [-0.2, -0.15) is 8.78 Å². The third kappa shape index (κ3) is 3.88. The summed E-state index contributed by atoms with van der Waals surface area (Å²) in [5.74, 6) is 0.592. The van der Waals surface area contributed by atoms with E-state index in [1.54, 1.807) is 42.6 Å². The highest BCUT2D eigenvalue weighted by Gasteiger charge is 2.11. The average Bonchev–Trinajstić information content (AvgIpc) is 3.06. The lowest BCUT2D eigenvalue weighted by atomic mass is 10.2. The Morgan fingerprint density at radius 2 is 1.58 bits per heavy atom. The van der Waals surface area contributed by atoms with Crippen molar-refractivity contribution in [3.8, 4) is 22.8 Å². The zero-order valence-electron chi connectivity index (χ0n) is 12.4. The highest BCUT2D eigenvalue weighted by Crippen LogP contribution is 2.23. The Balaban J connectivity index is 1.70. The molecule has 1 N–H and O–H groups in total. The Hall–Kier alpha value is -2.93. The van der Waals surface area contributed by atoms with Gasteiger partial charge in [0.25, 0.3) is 6.41 Å². The number of imidazole rings is 1. The molecule has 2 aromatic carbocycles. The van der Waals surface area contributed by atoms with Crippen LogP contribution in [0.15, 0.2) is 67.1 Å². The van der Waals surface area contributed by atoms with Crippen LogP contribution in [0.25, 0.3) is 11.3 Å². The number of para-hydroxylation sites is 1. The van der Waals surface area contributed by atoms with E-state index >= 15 is 0 Å². The molecule has 24 heavy (non-hydrogen) atoms. The number of benzene rings is 2. The molecule has 0 aliphatic heterocycles. The van der Waals surface area contributed by atoms with Crippen LogP contribution in [0.3, 0.4) is 0 Å². The first kappa shape index (κ1) is 15.9. The van der Waals surface area contributed by atoms with Crippen molar-refractivity contribution in [1.82, 2.24) is 9.55 Å². The van der Waals surface area contributed by atoms with Gasteiger partial charge in [0.2, 0.25) is 0 Å². The van der Waals surface area contributed by atoms with Gasteiger partial charge in [0, 0.05) is 11.8 Å². The summed E-state index contributed by atoms with van der Waals surface area (Å²) in [5.41, 5.74) is 1.26. The second-order valence-corrected chi connectivity index (χ2v) is 4.87. The third-order valence-corrected chi connectivity index (χ3v) is 3.22. The Morgan fingerprint density at radius 3 is 2.25 bits per heavy atom. The van der Waals surface area contributed by atoms with Crippen LogP contribution in [0.4, 0.5) is 8.78 Å². The molecule has 0 aliphatic rings. The van der Waals surface area contributed by atoms with Crippen molar-refractivity contribution in [3.63, 3.8) is 0 Å². The van der Waals surface area contributed by atoms with Gasteiger partial charge >= 0.3 is 6.61 Å². The fourth-order valence-electron chi connectivity index (χ4n) is 2.10. The summed E-state index contributed by atoms with van der Waals surface area (Å²) in [6.45, 7) is -2.86. The second-order valence-electron chi connectivity index (χ2n) is 4.87. The van der Waals surface area contributed by atoms with E-state index in [4.69, 9.17) is 4.74 Å². The van der Waals surface area contributed by atoms with E-state index in [1.807, 2.05) is 6.07 Å². The fourth-order valence-corrected chi connectivity index (χ4v) is 2.10. The molecule has 3 rings (SSSR count). The average molecular weight is 332 g/mol. The van der Waals surface area contributed by atoms with Crippen LogP contribution in [-0.2, 0) is 0 Å². The number of aromatic nitrogens is 2. The van der Waals surface area contributed by atoms with Gasteiger partial charge in [0.05, 0.1) is 5.69 Å². The molecule has 1 unspecified atom stereocenters. The van der Waals surface area contributed by atoms with Crippen LogP contribution in [0.1, 0.15) is 6.41 Å². The molecule has 3 aromatic rings. The summed E-state index contributed by atoms with van der Waals surface area (Å²) in [6.07, 6.45) is 1.79. The fraction of sp³-hybridized carbons (Fsp3) is 0.118. The number of alkyl halides is 2. The van der Waals surface area contributed by atoms with Gasteiger partial charge in [-0.25, -0.2) is 4.98 Å². The lowest BCUT2D eigenvalue weighted by molar-refractivity contribution is -0.0793. The van der Waals surface area contributed by atoms with E-state index < -0.39 is 13.0 Å². The molecule has 124 valence electrons. The molecule has 0 spiro atoms. The zero-order valence-corrected chi connectivity index (χ0v) is 12.4. The molecule has 0 fully saturated rings. The highest BCUT2D eigenvalue weighted by molar-refractivity contribution is 5.59. The molecule has 0 aliphatic carbocycles. The van der Waals surface area contributed by atoms with Gasteiger partial charge in [-0.05, 0) is 36.4 Å². The van der Waals surface area contributed by atoms with Gasteiger partial charge in [0.15, 0.2) is 0 Å². The van der Waals surface area contributed by atoms with E-state index in [0.717, 1.165) is 0 Å². The molecular weight excluding hydrogens is 318 g/mol. The van der Waals surface area contributed by atoms with Crippen molar-refractivity contribution in [1.29, 1.82) is 0 Å². The van der Waals surface area contributed by atoms with Gasteiger partial charge < -0.3 is 14.6 Å². The first-order valence-electron chi connectivity index (χ1n) is 7.10. The molecule has 5 nitrogen and oxygen atoms in total. The highest BCUT2D eigenvalue weighted by atomic mass is 19.3. The SMILES string of the molecule is OC(Oc1ccccc1)n1cnc(-c2ccc(OC(F)F)cc2)c1. The van der Waals surface area contributed by atoms with Crippen molar-refractivity contribution in [3.05, 3.63) is 67.1 Å². The predicted molar refractivity (Wildman–Crippen MR) is 82.6 cm³/mol. The van der Waals surface area contributed by atoms with Gasteiger partial charge in [-0.1, -0.05) is 18.2 Å². The minimum absolute atomic E-state index is 0.0700. The zero-order chi connectivity index (χ0) is 16.9. The van der Waals surface area contributed by atoms with Crippen LogP contribution in [-0.4, -0.2) is 21.3 Å². The Kier molecular flexibility index (Phi) is 4.72. The minimum Gasteiger partial charge on any atom is -0.446 e. The monoisotopic (exact) mass is 332 g/mol. The molecule has 1 atom stereocenters. The van der Waals surface area contributed by atoms with Crippen LogP contribution < -0.4 is 9.47 Å². The van der Waals surface area contributed by atoms with Crippen molar-refractivity contribution >= 4 is 0 Å². The number of aliphatic hydroxyl groups is 1. The van der Waals surface area contributed by atoms with E-state index in [0.29, 0.717) is 17.0 Å². The molecule has 7 heteroatoms. The van der Waals surface area contributed by atoms with Gasteiger partial charge in [-0.15, -0.1) is 0 Å². The smallest absolute Gasteiger partial charge is 0.387 e. The van der Waals surface area contributed by atoms with E-state index in [9.17, 15) is 13.9 Å². The molecule has 1 aromatic heterocycles. The number of aliphatic hydroxyl groups excluding tert-OH is 1. The number of ether oxygens (including phenoxy) is 2. The van der Waals surface area contributed by atoms with Crippen LogP contribution >= 0.6 is 0 Å². The Bertz CT molecular complexity index is 776. The summed E-state index contributed by atoms with van der Waals surface area (Å²) >= 11 is 0. The molecule has 0 bridgehead atoms. The minimum atomic E-state index is -2.86. The number of rotatable bonds is 6. The lowest BCUT2D eigenvalue weighted by Gasteiger charge is -2.13. The number of nitrogens with zero attached hydrogens (tertiary/aromatic N) is 2. The molecule has 1 heterocycles. The third-order valence-electron chi connectivity index (χ3n) is 3.22. The number of halogens is 2. The number of hydrogen-bond donors (Lipinski definition) is 1. The van der Waals surface area contributed by atoms with Gasteiger partial charge in [-0.3, -0.25) is 4.57 Å². The Labute approximate surface area is 136 Å². The normalized spacial score (nSPS) is 12.2. The topological polar surface area (TPSA) is 56.5 Å². The number of hydrogen-bond acceptors (Lipinski definition) is 4. The van der Waals surface area contributed by atoms with E-state index in [-0.39, 0.29) is 5.75 Å². The maximum atomic E-state index is 12.1. The summed E-state index contributed by atoms with van der Waals surface area (Å²) < 4.78 is 35.3. The van der Waals surface area contributed by atoms with E-state index in [1.165, 1.54) is 23.0 Å². The second kappa shape index (κ2) is 7.10. The lowest BCUT2D eigenvalue weighted by Crippen LogP contribution is -2.13. The van der Waals surface area contributed by atoms with E-state index in [2.05, 4.69) is 9.72 Å². The molecule has 0 saturated heterocycles. The Morgan fingerprint density at radius 1 is 0.917 bits per heavy atom. The van der Waals surface area contributed by atoms with Crippen LogP contribution in [0.2, 0.25) is 0 Å². The van der Waals surface area contributed by atoms with Crippen LogP contribution in [0.5, 0.6) is 11.5 Å². The van der Waals surface area contributed by atoms with Crippen molar-refractivity contribution in [2.45, 2.75) is 13.0 Å². The maximum Gasteiger partial charge on any atom is 0.387 e. The summed E-state index contributed by atoms with van der Waals surface area (Å²) in [5, 5.41) is 10.1.